The van der Waals surface area contributed by atoms with E-state index >= 15 is 0 Å². The van der Waals surface area contributed by atoms with Crippen molar-refractivity contribution in [3.63, 3.8) is 0 Å². The molecular formula is C10H5F4N. The van der Waals surface area contributed by atoms with E-state index in [1.807, 2.05) is 0 Å². The molecule has 5 heteroatoms. The van der Waals surface area contributed by atoms with Crippen molar-refractivity contribution < 1.29 is 17.6 Å². The van der Waals surface area contributed by atoms with Gasteiger partial charge in [0.1, 0.15) is 5.82 Å². The van der Waals surface area contributed by atoms with Crippen LogP contribution in [0.1, 0.15) is 11.1 Å². The van der Waals surface area contributed by atoms with Crippen LogP contribution in [0.2, 0.25) is 0 Å². The van der Waals surface area contributed by atoms with E-state index in [4.69, 9.17) is 5.26 Å². The van der Waals surface area contributed by atoms with Crippen LogP contribution in [0.5, 0.6) is 0 Å². The Morgan fingerprint density at radius 3 is 2.40 bits per heavy atom. The first-order valence-electron chi connectivity index (χ1n) is 3.88. The van der Waals surface area contributed by atoms with Crippen molar-refractivity contribution in [2.24, 2.45) is 0 Å². The fraction of sp³-hybridized carbons (Fsp3) is 0.100. The lowest BCUT2D eigenvalue weighted by Gasteiger charge is -2.07. The Hall–Kier alpha value is -1.83. The molecule has 0 saturated carbocycles. The molecule has 1 rings (SSSR count). The van der Waals surface area contributed by atoms with Crippen LogP contribution in [-0.2, 0) is 6.18 Å². The zero-order valence-corrected chi connectivity index (χ0v) is 7.35. The average Bonchev–Trinajstić information content (AvgIpc) is 2.12. The molecule has 0 atom stereocenters. The van der Waals surface area contributed by atoms with Gasteiger partial charge in [0.05, 0.1) is 11.6 Å². The summed E-state index contributed by atoms with van der Waals surface area (Å²) in [6.45, 7) is 0. The lowest BCUT2D eigenvalue weighted by Crippen LogP contribution is -2.07. The van der Waals surface area contributed by atoms with E-state index in [9.17, 15) is 17.6 Å². The Bertz CT molecular complexity index is 426. The van der Waals surface area contributed by atoms with Crippen LogP contribution in [0.4, 0.5) is 17.6 Å². The van der Waals surface area contributed by atoms with Gasteiger partial charge in [-0.2, -0.15) is 18.4 Å². The van der Waals surface area contributed by atoms with Gasteiger partial charge in [-0.3, -0.25) is 0 Å². The molecule has 0 saturated heterocycles. The molecule has 0 unspecified atom stereocenters. The maximum Gasteiger partial charge on any atom is 0.419 e. The summed E-state index contributed by atoms with van der Waals surface area (Å²) in [5, 5.41) is 8.17. The van der Waals surface area contributed by atoms with Crippen LogP contribution in [0.15, 0.2) is 24.3 Å². The molecule has 0 aliphatic rings. The van der Waals surface area contributed by atoms with Gasteiger partial charge in [0.2, 0.25) is 0 Å². The van der Waals surface area contributed by atoms with Crippen molar-refractivity contribution in [2.45, 2.75) is 6.18 Å². The first-order chi connectivity index (χ1) is 6.95. The van der Waals surface area contributed by atoms with E-state index in [0.717, 1.165) is 18.2 Å². The fourth-order valence-electron chi connectivity index (χ4n) is 0.998. The molecule has 0 aromatic heterocycles. The molecule has 0 radical (unpaired) electrons. The third-order valence-electron chi connectivity index (χ3n) is 1.65. The zero-order chi connectivity index (χ0) is 11.5. The second kappa shape index (κ2) is 4.13. The zero-order valence-electron chi connectivity index (χ0n) is 7.35. The molecule has 0 aliphatic carbocycles. The number of rotatable bonds is 1. The lowest BCUT2D eigenvalue weighted by molar-refractivity contribution is -0.140. The van der Waals surface area contributed by atoms with Gasteiger partial charge in [-0.15, -0.1) is 0 Å². The number of halogens is 4. The van der Waals surface area contributed by atoms with E-state index < -0.39 is 17.6 Å². The van der Waals surface area contributed by atoms with Crippen molar-refractivity contribution in [1.82, 2.24) is 0 Å². The van der Waals surface area contributed by atoms with Crippen LogP contribution in [0.25, 0.3) is 6.08 Å². The molecule has 1 aromatic rings. The van der Waals surface area contributed by atoms with Crippen LogP contribution >= 0.6 is 0 Å². The number of hydrogen-bond donors (Lipinski definition) is 0. The largest absolute Gasteiger partial charge is 0.419 e. The maximum atomic E-state index is 12.9. The monoisotopic (exact) mass is 215 g/mol. The predicted octanol–water partition coefficient (Wildman–Crippen LogP) is 3.38. The average molecular weight is 215 g/mol. The Labute approximate surface area is 83.3 Å². The minimum Gasteiger partial charge on any atom is -0.206 e. The normalized spacial score (nSPS) is 11.7. The van der Waals surface area contributed by atoms with Gasteiger partial charge in [0.15, 0.2) is 0 Å². The van der Waals surface area contributed by atoms with Gasteiger partial charge < -0.3 is 0 Å². The highest BCUT2D eigenvalue weighted by Gasteiger charge is 2.33. The van der Waals surface area contributed by atoms with Crippen molar-refractivity contribution in [3.8, 4) is 6.07 Å². The van der Waals surface area contributed by atoms with Gasteiger partial charge >= 0.3 is 6.18 Å². The van der Waals surface area contributed by atoms with Crippen molar-refractivity contribution in [1.29, 1.82) is 5.26 Å². The molecule has 0 spiro atoms. The third kappa shape index (κ3) is 2.81. The van der Waals surface area contributed by atoms with Crippen LogP contribution in [0.3, 0.4) is 0 Å². The lowest BCUT2D eigenvalue weighted by atomic mass is 10.1. The van der Waals surface area contributed by atoms with Crippen LogP contribution < -0.4 is 0 Å². The molecule has 15 heavy (non-hydrogen) atoms. The van der Waals surface area contributed by atoms with E-state index in [0.29, 0.717) is 6.07 Å². The highest BCUT2D eigenvalue weighted by atomic mass is 19.4. The van der Waals surface area contributed by atoms with E-state index in [1.54, 1.807) is 6.07 Å². The van der Waals surface area contributed by atoms with E-state index in [1.165, 1.54) is 6.08 Å². The summed E-state index contributed by atoms with van der Waals surface area (Å²) in [5.41, 5.74) is -1.10. The smallest absolute Gasteiger partial charge is 0.206 e. The molecule has 0 aliphatic heterocycles. The summed E-state index contributed by atoms with van der Waals surface area (Å²) in [6.07, 6.45) is -2.41. The van der Waals surface area contributed by atoms with Gasteiger partial charge in [-0.1, -0.05) is 6.07 Å². The van der Waals surface area contributed by atoms with Gasteiger partial charge in [0.25, 0.3) is 0 Å². The summed E-state index contributed by atoms with van der Waals surface area (Å²) >= 11 is 0. The van der Waals surface area contributed by atoms with Gasteiger partial charge in [-0.05, 0) is 23.8 Å². The maximum absolute atomic E-state index is 12.9. The number of hydrogen-bond acceptors (Lipinski definition) is 1. The number of allylic oxidation sites excluding steroid dienone is 1. The van der Waals surface area contributed by atoms with Gasteiger partial charge in [-0.25, -0.2) is 4.39 Å². The van der Waals surface area contributed by atoms with E-state index in [-0.39, 0.29) is 5.56 Å². The molecule has 1 aromatic carbocycles. The summed E-state index contributed by atoms with van der Waals surface area (Å²) in [7, 11) is 0. The Balaban J connectivity index is 3.10. The predicted molar refractivity (Wildman–Crippen MR) is 46.0 cm³/mol. The topological polar surface area (TPSA) is 23.8 Å². The minimum absolute atomic E-state index is 0.210. The summed E-state index contributed by atoms with van der Waals surface area (Å²) < 4.78 is 49.3. The standard InChI is InChI=1S/C10H5F4N/c11-9-6-7(2-1-5-15)3-4-8(9)10(12,13)14/h1-4,6H. The SMILES string of the molecule is N#CC=Cc1ccc(C(F)(F)F)c(F)c1. The first-order valence-corrected chi connectivity index (χ1v) is 3.88. The molecule has 0 amide bonds. The van der Waals surface area contributed by atoms with Crippen molar-refractivity contribution in [2.75, 3.05) is 0 Å². The summed E-state index contributed by atoms with van der Waals surface area (Å²) in [6, 6.07) is 4.13. The summed E-state index contributed by atoms with van der Waals surface area (Å²) in [4.78, 5) is 0. The van der Waals surface area contributed by atoms with Crippen molar-refractivity contribution >= 4 is 6.08 Å². The molecule has 1 nitrogen and oxygen atoms in total. The number of nitrogens with zero attached hydrogens (tertiary/aromatic N) is 1. The number of nitriles is 1. The fourth-order valence-corrected chi connectivity index (χ4v) is 0.998. The highest BCUT2D eigenvalue weighted by molar-refractivity contribution is 5.52. The van der Waals surface area contributed by atoms with Gasteiger partial charge in [0, 0.05) is 6.08 Å². The molecule has 0 heterocycles. The molecule has 0 N–H and O–H groups in total. The second-order valence-corrected chi connectivity index (χ2v) is 2.70. The van der Waals surface area contributed by atoms with Crippen LogP contribution in [-0.4, -0.2) is 0 Å². The second-order valence-electron chi connectivity index (χ2n) is 2.70. The Morgan fingerprint density at radius 2 is 1.93 bits per heavy atom. The molecule has 78 valence electrons. The van der Waals surface area contributed by atoms with Crippen LogP contribution in [0, 0.1) is 17.1 Å². The molecule has 0 fully saturated rings. The number of benzene rings is 1. The molecule has 0 bridgehead atoms. The van der Waals surface area contributed by atoms with Crippen molar-refractivity contribution in [3.05, 3.63) is 41.2 Å². The summed E-state index contributed by atoms with van der Waals surface area (Å²) in [5.74, 6) is -1.34. The Morgan fingerprint density at radius 1 is 1.27 bits per heavy atom. The quantitative estimate of drug-likeness (QED) is 0.520. The minimum atomic E-state index is -4.69. The Kier molecular flexibility index (Phi) is 3.10. The number of alkyl halides is 3. The first kappa shape index (κ1) is 11.2. The third-order valence-corrected chi connectivity index (χ3v) is 1.65. The molecular weight excluding hydrogens is 210 g/mol. The van der Waals surface area contributed by atoms with E-state index in [2.05, 4.69) is 0 Å². The highest BCUT2D eigenvalue weighted by Crippen LogP contribution is 2.31.